The topological polar surface area (TPSA) is 72.5 Å². The van der Waals surface area contributed by atoms with E-state index in [1.807, 2.05) is 36.4 Å². The largest absolute Gasteiger partial charge is 0.324 e. The van der Waals surface area contributed by atoms with E-state index in [-0.39, 0.29) is 10.9 Å². The van der Waals surface area contributed by atoms with Gasteiger partial charge in [-0.05, 0) is 11.6 Å². The van der Waals surface area contributed by atoms with Gasteiger partial charge in [-0.15, -0.1) is 0 Å². The third kappa shape index (κ3) is 2.26. The van der Waals surface area contributed by atoms with Crippen molar-refractivity contribution in [3.05, 3.63) is 65.7 Å². The van der Waals surface area contributed by atoms with E-state index >= 15 is 0 Å². The first-order chi connectivity index (χ1) is 9.58. The van der Waals surface area contributed by atoms with Crippen LogP contribution in [0, 0.1) is 0 Å². The maximum Gasteiger partial charge on any atom is 0.283 e. The lowest BCUT2D eigenvalue weighted by molar-refractivity contribution is 0.599. The van der Waals surface area contributed by atoms with Gasteiger partial charge in [-0.1, -0.05) is 48.5 Å². The van der Waals surface area contributed by atoms with Crippen molar-refractivity contribution in [2.45, 2.75) is 17.4 Å². The van der Waals surface area contributed by atoms with Gasteiger partial charge in [0.2, 0.25) is 0 Å². The van der Waals surface area contributed by atoms with Crippen molar-refractivity contribution in [3.8, 4) is 0 Å². The van der Waals surface area contributed by atoms with Crippen LogP contribution in [0.15, 0.2) is 63.9 Å². The van der Waals surface area contributed by atoms with E-state index in [9.17, 15) is 8.42 Å². The zero-order valence-corrected chi connectivity index (χ0v) is 11.5. The average Bonchev–Trinajstić information content (AvgIpc) is 2.72. The normalized spacial score (nSPS) is 17.4. The van der Waals surface area contributed by atoms with Crippen LogP contribution >= 0.6 is 0 Å². The second-order valence-electron chi connectivity index (χ2n) is 4.73. The van der Waals surface area contributed by atoms with Crippen molar-refractivity contribution in [3.63, 3.8) is 0 Å². The molecule has 0 spiro atoms. The molecule has 2 aromatic carbocycles. The Kier molecular flexibility index (Phi) is 3.16. The third-order valence-corrected chi connectivity index (χ3v) is 4.72. The molecule has 0 aromatic heterocycles. The van der Waals surface area contributed by atoms with E-state index in [0.717, 1.165) is 5.56 Å². The number of benzene rings is 2. The molecule has 4 nitrogen and oxygen atoms in total. The number of nitrogens with zero attached hydrogens (tertiary/aromatic N) is 1. The first-order valence-electron chi connectivity index (χ1n) is 6.32. The molecular formula is C15H14N2O2S. The van der Waals surface area contributed by atoms with Gasteiger partial charge in [0, 0.05) is 18.0 Å². The monoisotopic (exact) mass is 286 g/mol. The summed E-state index contributed by atoms with van der Waals surface area (Å²) < 4.78 is 27.8. The second kappa shape index (κ2) is 4.85. The molecule has 1 atom stereocenters. The van der Waals surface area contributed by atoms with Gasteiger partial charge >= 0.3 is 0 Å². The van der Waals surface area contributed by atoms with E-state index in [4.69, 9.17) is 5.73 Å². The van der Waals surface area contributed by atoms with Gasteiger partial charge in [0.15, 0.2) is 0 Å². The second-order valence-corrected chi connectivity index (χ2v) is 6.30. The molecule has 2 aromatic rings. The highest BCUT2D eigenvalue weighted by atomic mass is 32.2. The molecule has 1 aliphatic rings. The number of hydrogen-bond donors (Lipinski definition) is 1. The Labute approximate surface area is 118 Å². The fourth-order valence-electron chi connectivity index (χ4n) is 2.35. The molecule has 1 unspecified atom stereocenters. The highest BCUT2D eigenvalue weighted by molar-refractivity contribution is 7.90. The standard InChI is InChI=1S/C15H14N2O2S/c16-13(11-6-2-1-3-7-11)10-14-12-8-4-5-9-15(12)20(18,19)17-14/h1-9,13H,10,16H2. The van der Waals surface area contributed by atoms with Crippen molar-refractivity contribution in [1.82, 2.24) is 0 Å². The lowest BCUT2D eigenvalue weighted by Crippen LogP contribution is -2.15. The van der Waals surface area contributed by atoms with Crippen molar-refractivity contribution >= 4 is 15.7 Å². The molecule has 0 aliphatic carbocycles. The van der Waals surface area contributed by atoms with Crippen LogP contribution < -0.4 is 5.73 Å². The minimum atomic E-state index is -3.55. The number of hydrogen-bond acceptors (Lipinski definition) is 3. The summed E-state index contributed by atoms with van der Waals surface area (Å²) in [6.45, 7) is 0. The molecule has 1 heterocycles. The zero-order chi connectivity index (χ0) is 14.2. The van der Waals surface area contributed by atoms with E-state index in [2.05, 4.69) is 4.40 Å². The number of rotatable bonds is 3. The number of sulfonamides is 1. The van der Waals surface area contributed by atoms with Crippen molar-refractivity contribution in [2.24, 2.45) is 10.1 Å². The molecule has 102 valence electrons. The Balaban J connectivity index is 1.93. The fourth-order valence-corrected chi connectivity index (χ4v) is 3.62. The summed E-state index contributed by atoms with van der Waals surface area (Å²) in [5, 5.41) is 0. The first kappa shape index (κ1) is 13.0. The molecule has 0 fully saturated rings. The van der Waals surface area contributed by atoms with Crippen molar-refractivity contribution < 1.29 is 8.42 Å². The van der Waals surface area contributed by atoms with Gasteiger partial charge in [0.05, 0.1) is 10.6 Å². The average molecular weight is 286 g/mol. The summed E-state index contributed by atoms with van der Waals surface area (Å²) in [5.74, 6) is 0. The lowest BCUT2D eigenvalue weighted by atomic mass is 9.98. The van der Waals surface area contributed by atoms with Gasteiger partial charge in [-0.2, -0.15) is 12.8 Å². The highest BCUT2D eigenvalue weighted by Gasteiger charge is 2.29. The lowest BCUT2D eigenvalue weighted by Gasteiger charge is -2.11. The van der Waals surface area contributed by atoms with Crippen LogP contribution in [0.4, 0.5) is 0 Å². The first-order valence-corrected chi connectivity index (χ1v) is 7.76. The van der Waals surface area contributed by atoms with E-state index in [1.54, 1.807) is 18.2 Å². The maximum atomic E-state index is 12.0. The predicted molar refractivity (Wildman–Crippen MR) is 78.2 cm³/mol. The summed E-state index contributed by atoms with van der Waals surface area (Å²) in [5.41, 5.74) is 8.32. The van der Waals surface area contributed by atoms with Gasteiger partial charge in [-0.3, -0.25) is 0 Å². The van der Waals surface area contributed by atoms with E-state index in [1.165, 1.54) is 0 Å². The van der Waals surface area contributed by atoms with Crippen molar-refractivity contribution in [2.75, 3.05) is 0 Å². The molecule has 20 heavy (non-hydrogen) atoms. The minimum absolute atomic E-state index is 0.267. The summed E-state index contributed by atoms with van der Waals surface area (Å²) >= 11 is 0. The highest BCUT2D eigenvalue weighted by Crippen LogP contribution is 2.29. The van der Waals surface area contributed by atoms with Crippen LogP contribution in [-0.4, -0.2) is 14.1 Å². The van der Waals surface area contributed by atoms with Gasteiger partial charge in [0.25, 0.3) is 10.0 Å². The molecular weight excluding hydrogens is 272 g/mol. The molecule has 3 rings (SSSR count). The van der Waals surface area contributed by atoms with Crippen molar-refractivity contribution in [1.29, 1.82) is 0 Å². The smallest absolute Gasteiger partial charge is 0.283 e. The van der Waals surface area contributed by atoms with Crippen LogP contribution in [0.3, 0.4) is 0 Å². The Morgan fingerprint density at radius 1 is 1.00 bits per heavy atom. The fraction of sp³-hybridized carbons (Fsp3) is 0.133. The van der Waals surface area contributed by atoms with E-state index < -0.39 is 10.0 Å². The van der Waals surface area contributed by atoms with Gasteiger partial charge in [0.1, 0.15) is 0 Å². The van der Waals surface area contributed by atoms with Gasteiger partial charge < -0.3 is 5.73 Å². The quantitative estimate of drug-likeness (QED) is 0.940. The third-order valence-electron chi connectivity index (χ3n) is 3.35. The minimum Gasteiger partial charge on any atom is -0.324 e. The summed E-state index contributed by atoms with van der Waals surface area (Å²) in [4.78, 5) is 0.273. The Hall–Kier alpha value is -1.98. The summed E-state index contributed by atoms with van der Waals surface area (Å²) in [7, 11) is -3.55. The van der Waals surface area contributed by atoms with Crippen LogP contribution in [0.5, 0.6) is 0 Å². The Morgan fingerprint density at radius 3 is 2.40 bits per heavy atom. The molecule has 0 saturated heterocycles. The molecule has 0 radical (unpaired) electrons. The van der Waals surface area contributed by atoms with Crippen LogP contribution in [0.1, 0.15) is 23.6 Å². The molecule has 5 heteroatoms. The molecule has 0 bridgehead atoms. The summed E-state index contributed by atoms with van der Waals surface area (Å²) in [6.07, 6.45) is 0.403. The summed E-state index contributed by atoms with van der Waals surface area (Å²) in [6, 6.07) is 16.2. The Morgan fingerprint density at radius 2 is 1.65 bits per heavy atom. The van der Waals surface area contributed by atoms with E-state index in [0.29, 0.717) is 17.7 Å². The zero-order valence-electron chi connectivity index (χ0n) is 10.7. The molecule has 1 aliphatic heterocycles. The van der Waals surface area contributed by atoms with Crippen LogP contribution in [0.2, 0.25) is 0 Å². The molecule has 0 amide bonds. The Bertz CT molecular complexity index is 767. The van der Waals surface area contributed by atoms with Gasteiger partial charge in [-0.25, -0.2) is 0 Å². The van der Waals surface area contributed by atoms with Crippen LogP contribution in [-0.2, 0) is 10.0 Å². The number of nitrogens with two attached hydrogens (primary N) is 1. The molecule has 0 saturated carbocycles. The van der Waals surface area contributed by atoms with Crippen LogP contribution in [0.25, 0.3) is 0 Å². The SMILES string of the molecule is NC(CC1=NS(=O)(=O)c2ccccc21)c1ccccc1. The molecule has 2 N–H and O–H groups in total. The predicted octanol–water partition coefficient (Wildman–Crippen LogP) is 2.27. The number of fused-ring (bicyclic) bond motifs is 1. The maximum absolute atomic E-state index is 12.0.